The Hall–Kier alpha value is -1.69. The van der Waals surface area contributed by atoms with Gasteiger partial charge in [-0.25, -0.2) is 0 Å². The molecule has 0 amide bonds. The highest BCUT2D eigenvalue weighted by atomic mass is 16.5. The van der Waals surface area contributed by atoms with Crippen LogP contribution in [0.3, 0.4) is 0 Å². The minimum atomic E-state index is 0.0506. The maximum atomic E-state index is 9.05. The summed E-state index contributed by atoms with van der Waals surface area (Å²) in [6, 6.07) is 10.4. The number of anilines is 1. The zero-order chi connectivity index (χ0) is 12.5. The third kappa shape index (κ3) is 2.21. The summed E-state index contributed by atoms with van der Waals surface area (Å²) in [4.78, 5) is 2.31. The van der Waals surface area contributed by atoms with E-state index in [9.17, 15) is 0 Å². The molecule has 1 unspecified atom stereocenters. The number of benzene rings is 1. The monoisotopic (exact) mass is 230 g/mol. The zero-order valence-electron chi connectivity index (χ0n) is 10.6. The van der Waals surface area contributed by atoms with E-state index in [4.69, 9.17) is 10.00 Å². The minimum absolute atomic E-state index is 0.0506. The van der Waals surface area contributed by atoms with E-state index in [0.29, 0.717) is 0 Å². The van der Waals surface area contributed by atoms with E-state index in [-0.39, 0.29) is 11.5 Å². The second kappa shape index (κ2) is 4.29. The van der Waals surface area contributed by atoms with Gasteiger partial charge in [-0.2, -0.15) is 5.26 Å². The van der Waals surface area contributed by atoms with Gasteiger partial charge in [0.1, 0.15) is 5.75 Å². The molecule has 0 aliphatic carbocycles. The molecule has 17 heavy (non-hydrogen) atoms. The Morgan fingerprint density at radius 3 is 2.47 bits per heavy atom. The molecule has 1 aromatic carbocycles. The van der Waals surface area contributed by atoms with Crippen LogP contribution in [-0.4, -0.2) is 19.2 Å². The molecular weight excluding hydrogens is 212 g/mol. The van der Waals surface area contributed by atoms with Crippen molar-refractivity contribution in [2.45, 2.75) is 25.8 Å². The molecule has 0 aromatic heterocycles. The number of nitriles is 1. The van der Waals surface area contributed by atoms with Crippen molar-refractivity contribution in [3.63, 3.8) is 0 Å². The molecule has 1 atom stereocenters. The van der Waals surface area contributed by atoms with Crippen molar-refractivity contribution in [3.8, 4) is 11.8 Å². The molecule has 0 radical (unpaired) electrons. The molecule has 1 fully saturated rings. The summed E-state index contributed by atoms with van der Waals surface area (Å²) in [7, 11) is 1.67. The largest absolute Gasteiger partial charge is 0.497 e. The first-order valence-corrected chi connectivity index (χ1v) is 5.88. The van der Waals surface area contributed by atoms with Gasteiger partial charge in [0.15, 0.2) is 0 Å². The summed E-state index contributed by atoms with van der Waals surface area (Å²) in [5.74, 6) is 0.995. The van der Waals surface area contributed by atoms with Crippen LogP contribution < -0.4 is 9.64 Å². The molecule has 0 N–H and O–H groups in total. The molecule has 0 spiro atoms. The van der Waals surface area contributed by atoms with E-state index < -0.39 is 0 Å². The molecular formula is C14H18N2O. The molecule has 3 heteroatoms. The summed E-state index contributed by atoms with van der Waals surface area (Å²) in [5, 5.41) is 9.05. The van der Waals surface area contributed by atoms with Gasteiger partial charge in [0, 0.05) is 17.8 Å². The average Bonchev–Trinajstić information content (AvgIpc) is 2.64. The lowest BCUT2D eigenvalue weighted by Crippen LogP contribution is -2.38. The van der Waals surface area contributed by atoms with Gasteiger partial charge in [-0.05, 0) is 44.5 Å². The molecule has 90 valence electrons. The van der Waals surface area contributed by atoms with E-state index in [1.54, 1.807) is 7.11 Å². The highest BCUT2D eigenvalue weighted by Crippen LogP contribution is 2.36. The Balaban J connectivity index is 2.24. The van der Waals surface area contributed by atoms with Gasteiger partial charge in [0.05, 0.1) is 19.1 Å². The minimum Gasteiger partial charge on any atom is -0.497 e. The Bertz CT molecular complexity index is 431. The highest BCUT2D eigenvalue weighted by Gasteiger charge is 2.38. The van der Waals surface area contributed by atoms with Gasteiger partial charge in [-0.15, -0.1) is 0 Å². The van der Waals surface area contributed by atoms with Gasteiger partial charge < -0.3 is 9.64 Å². The van der Waals surface area contributed by atoms with Crippen molar-refractivity contribution in [3.05, 3.63) is 24.3 Å². The third-order valence-corrected chi connectivity index (χ3v) is 3.45. The van der Waals surface area contributed by atoms with Crippen LogP contribution in [-0.2, 0) is 0 Å². The van der Waals surface area contributed by atoms with Gasteiger partial charge in [0.25, 0.3) is 0 Å². The summed E-state index contributed by atoms with van der Waals surface area (Å²) < 4.78 is 5.16. The van der Waals surface area contributed by atoms with E-state index in [1.807, 2.05) is 12.1 Å². The summed E-state index contributed by atoms with van der Waals surface area (Å²) in [5.41, 5.74) is 1.21. The van der Waals surface area contributed by atoms with Crippen molar-refractivity contribution < 1.29 is 4.74 Å². The number of rotatable bonds is 2. The lowest BCUT2D eigenvalue weighted by atomic mass is 9.97. The zero-order valence-corrected chi connectivity index (χ0v) is 10.6. The van der Waals surface area contributed by atoms with Crippen LogP contribution in [0.4, 0.5) is 5.69 Å². The smallest absolute Gasteiger partial charge is 0.119 e. The highest BCUT2D eigenvalue weighted by molar-refractivity contribution is 5.52. The maximum absolute atomic E-state index is 9.05. The van der Waals surface area contributed by atoms with E-state index in [2.05, 4.69) is 36.9 Å². The van der Waals surface area contributed by atoms with Crippen molar-refractivity contribution in [1.29, 1.82) is 5.26 Å². The molecule has 0 saturated carbocycles. The summed E-state index contributed by atoms with van der Waals surface area (Å²) in [6.07, 6.45) is 0.926. The predicted octanol–water partition coefficient (Wildman–Crippen LogP) is 2.82. The molecule has 0 bridgehead atoms. The van der Waals surface area contributed by atoms with Gasteiger partial charge in [-0.3, -0.25) is 0 Å². The fourth-order valence-corrected chi connectivity index (χ4v) is 2.55. The van der Waals surface area contributed by atoms with Crippen LogP contribution in [0.2, 0.25) is 0 Å². The second-order valence-corrected chi connectivity index (χ2v) is 5.15. The van der Waals surface area contributed by atoms with Crippen molar-refractivity contribution in [1.82, 2.24) is 0 Å². The Labute approximate surface area is 103 Å². The quantitative estimate of drug-likeness (QED) is 0.783. The topological polar surface area (TPSA) is 36.3 Å². The van der Waals surface area contributed by atoms with E-state index in [1.165, 1.54) is 0 Å². The van der Waals surface area contributed by atoms with Crippen LogP contribution in [0.1, 0.15) is 20.3 Å². The van der Waals surface area contributed by atoms with Crippen LogP contribution >= 0.6 is 0 Å². The number of hydrogen-bond donors (Lipinski definition) is 0. The lowest BCUT2D eigenvalue weighted by Gasteiger charge is -2.33. The van der Waals surface area contributed by atoms with E-state index >= 15 is 0 Å². The van der Waals surface area contributed by atoms with E-state index in [0.717, 1.165) is 24.4 Å². The van der Waals surface area contributed by atoms with Crippen LogP contribution in [0.5, 0.6) is 5.75 Å². The summed E-state index contributed by atoms with van der Waals surface area (Å²) in [6.45, 7) is 5.19. The predicted molar refractivity (Wildman–Crippen MR) is 68.1 cm³/mol. The molecule has 1 heterocycles. The van der Waals surface area contributed by atoms with Crippen LogP contribution in [0.25, 0.3) is 0 Å². The molecule has 1 aliphatic heterocycles. The van der Waals surface area contributed by atoms with Gasteiger partial charge >= 0.3 is 0 Å². The summed E-state index contributed by atoms with van der Waals surface area (Å²) >= 11 is 0. The normalized spacial score (nSPS) is 22.2. The van der Waals surface area contributed by atoms with Crippen molar-refractivity contribution in [2.75, 3.05) is 18.6 Å². The van der Waals surface area contributed by atoms with Gasteiger partial charge in [-0.1, -0.05) is 0 Å². The Morgan fingerprint density at radius 2 is 2.00 bits per heavy atom. The lowest BCUT2D eigenvalue weighted by molar-refractivity contribution is 0.414. The third-order valence-electron chi connectivity index (χ3n) is 3.45. The molecule has 1 aliphatic rings. The maximum Gasteiger partial charge on any atom is 0.119 e. The molecule has 1 saturated heterocycles. The standard InChI is InChI=1S/C14H18N2O/c1-14(2)8-11(9-15)10-16(14)12-4-6-13(17-3)7-5-12/h4-7,11H,8,10H2,1-3H3. The second-order valence-electron chi connectivity index (χ2n) is 5.15. The number of ether oxygens (including phenoxy) is 1. The van der Waals surface area contributed by atoms with Gasteiger partial charge in [0.2, 0.25) is 0 Å². The Morgan fingerprint density at radius 1 is 1.35 bits per heavy atom. The number of hydrogen-bond acceptors (Lipinski definition) is 3. The first-order chi connectivity index (χ1) is 8.06. The first-order valence-electron chi connectivity index (χ1n) is 5.88. The van der Waals surface area contributed by atoms with Crippen LogP contribution in [0.15, 0.2) is 24.3 Å². The first kappa shape index (κ1) is 11.8. The van der Waals surface area contributed by atoms with Crippen molar-refractivity contribution >= 4 is 5.69 Å². The molecule has 1 aromatic rings. The Kier molecular flexibility index (Phi) is 2.97. The fourth-order valence-electron chi connectivity index (χ4n) is 2.55. The van der Waals surface area contributed by atoms with Crippen LogP contribution in [0, 0.1) is 17.2 Å². The van der Waals surface area contributed by atoms with Crippen molar-refractivity contribution in [2.24, 2.45) is 5.92 Å². The molecule has 2 rings (SSSR count). The molecule has 3 nitrogen and oxygen atoms in total. The average molecular weight is 230 g/mol. The SMILES string of the molecule is COc1ccc(N2CC(C#N)CC2(C)C)cc1. The fraction of sp³-hybridized carbons (Fsp3) is 0.500. The number of nitrogens with zero attached hydrogens (tertiary/aromatic N) is 2. The number of methoxy groups -OCH3 is 1.